The molecule has 2 fully saturated rings. The molecule has 7 rings (SSSR count). The van der Waals surface area contributed by atoms with E-state index < -0.39 is 23.3 Å². The van der Waals surface area contributed by atoms with Crippen molar-refractivity contribution in [1.29, 1.82) is 0 Å². The number of aryl methyl sites for hydroxylation is 2. The van der Waals surface area contributed by atoms with Crippen molar-refractivity contribution < 1.29 is 33.0 Å². The highest BCUT2D eigenvalue weighted by molar-refractivity contribution is 9.10. The molecule has 2 amide bonds. The second kappa shape index (κ2) is 14.5. The predicted octanol–water partition coefficient (Wildman–Crippen LogP) is 1.61. The van der Waals surface area contributed by atoms with Crippen molar-refractivity contribution in [2.24, 2.45) is 14.1 Å². The molecule has 282 valence electrons. The lowest BCUT2D eigenvalue weighted by Gasteiger charge is -2.38. The largest absolute Gasteiger partial charge is 0.471 e. The van der Waals surface area contributed by atoms with Crippen LogP contribution in [0.5, 0.6) is 0 Å². The van der Waals surface area contributed by atoms with E-state index >= 15 is 0 Å². The maximum atomic E-state index is 12.6. The van der Waals surface area contributed by atoms with Gasteiger partial charge in [0.25, 0.3) is 17.0 Å². The highest BCUT2D eigenvalue weighted by Gasteiger charge is 2.45. The van der Waals surface area contributed by atoms with Crippen LogP contribution in [0.2, 0.25) is 0 Å². The molecule has 0 radical (unpaired) electrons. The molecular formula is C33H36BrF3N10O6. The van der Waals surface area contributed by atoms with E-state index in [1.165, 1.54) is 38.9 Å². The number of benzene rings is 1. The lowest BCUT2D eigenvalue weighted by molar-refractivity contribution is -0.188. The van der Waals surface area contributed by atoms with Crippen molar-refractivity contribution >= 4 is 49.8 Å². The third-order valence-corrected chi connectivity index (χ3v) is 10.2. The van der Waals surface area contributed by atoms with Gasteiger partial charge in [0.15, 0.2) is 11.3 Å². The molecule has 0 unspecified atom stereocenters. The van der Waals surface area contributed by atoms with E-state index in [-0.39, 0.29) is 56.0 Å². The van der Waals surface area contributed by atoms with E-state index in [1.807, 2.05) is 12.1 Å². The molecule has 0 saturated carbocycles. The normalized spacial score (nSPS) is 17.1. The van der Waals surface area contributed by atoms with Gasteiger partial charge >= 0.3 is 12.1 Å². The molecule has 2 N–H and O–H groups in total. The SMILES string of the molecule is Cn1ncc2c(=O)n(CC3(O)CCN(C(=O)C(F)(F)F)CC3)cnc21.Cn1ncc2c(=O)n(CC3(O)CCN(C(=O)c4ccc(Br)cc4)CC3)cnc21. The molecule has 0 aliphatic carbocycles. The maximum Gasteiger partial charge on any atom is 0.471 e. The van der Waals surface area contributed by atoms with Gasteiger partial charge in [-0.05, 0) is 49.9 Å². The van der Waals surface area contributed by atoms with Crippen molar-refractivity contribution in [3.63, 3.8) is 0 Å². The van der Waals surface area contributed by atoms with Crippen molar-refractivity contribution in [1.82, 2.24) is 48.5 Å². The van der Waals surface area contributed by atoms with Crippen molar-refractivity contribution in [2.45, 2.75) is 56.2 Å². The number of carbonyl (C=O) groups is 2. The maximum absolute atomic E-state index is 12.6. The molecule has 0 atom stereocenters. The Morgan fingerprint density at radius 3 is 1.58 bits per heavy atom. The summed E-state index contributed by atoms with van der Waals surface area (Å²) in [5.74, 6) is -1.96. The van der Waals surface area contributed by atoms with Crippen LogP contribution in [0, 0.1) is 0 Å². The molecule has 53 heavy (non-hydrogen) atoms. The summed E-state index contributed by atoms with van der Waals surface area (Å²) < 4.78 is 43.9. The van der Waals surface area contributed by atoms with Gasteiger partial charge in [0, 0.05) is 50.3 Å². The number of nitrogens with zero attached hydrogens (tertiary/aromatic N) is 10. The van der Waals surface area contributed by atoms with E-state index in [1.54, 1.807) is 35.8 Å². The minimum Gasteiger partial charge on any atom is -0.388 e. The monoisotopic (exact) mass is 804 g/mol. The summed E-state index contributed by atoms with van der Waals surface area (Å²) in [5.41, 5.74) is -1.51. The lowest BCUT2D eigenvalue weighted by Crippen LogP contribution is -2.52. The van der Waals surface area contributed by atoms with Gasteiger partial charge in [-0.25, -0.2) is 9.97 Å². The summed E-state index contributed by atoms with van der Waals surface area (Å²) in [7, 11) is 3.37. The number of amides is 2. The van der Waals surface area contributed by atoms with Crippen LogP contribution < -0.4 is 11.1 Å². The zero-order valence-electron chi connectivity index (χ0n) is 28.7. The topological polar surface area (TPSA) is 186 Å². The zero-order chi connectivity index (χ0) is 38.3. The number of piperidine rings is 2. The van der Waals surface area contributed by atoms with Gasteiger partial charge < -0.3 is 20.0 Å². The Kier molecular flexibility index (Phi) is 10.3. The highest BCUT2D eigenvalue weighted by atomic mass is 79.9. The Balaban J connectivity index is 0.000000183. The number of halogens is 4. The molecular weight excluding hydrogens is 769 g/mol. The first-order valence-corrected chi connectivity index (χ1v) is 17.4. The van der Waals surface area contributed by atoms with Crippen LogP contribution >= 0.6 is 15.9 Å². The molecule has 5 aromatic rings. The van der Waals surface area contributed by atoms with Crippen LogP contribution in [0.3, 0.4) is 0 Å². The average Bonchev–Trinajstić information content (AvgIpc) is 3.70. The summed E-state index contributed by atoms with van der Waals surface area (Å²) >= 11 is 3.36. The first-order valence-electron chi connectivity index (χ1n) is 16.6. The lowest BCUT2D eigenvalue weighted by atomic mass is 9.91. The second-order valence-electron chi connectivity index (χ2n) is 13.4. The number of rotatable bonds is 5. The Bertz CT molecular complexity index is 2270. The number of fused-ring (bicyclic) bond motifs is 2. The highest BCUT2D eigenvalue weighted by Crippen LogP contribution is 2.28. The summed E-state index contributed by atoms with van der Waals surface area (Å²) in [6.07, 6.45) is 1.32. The van der Waals surface area contributed by atoms with Gasteiger partial charge in [0.05, 0.1) is 36.7 Å². The number of hydrogen-bond donors (Lipinski definition) is 2. The Morgan fingerprint density at radius 1 is 0.755 bits per heavy atom. The summed E-state index contributed by atoms with van der Waals surface area (Å²) in [6.45, 7) is 0.436. The van der Waals surface area contributed by atoms with Crippen LogP contribution in [0.25, 0.3) is 22.1 Å². The van der Waals surface area contributed by atoms with E-state index in [2.05, 4.69) is 36.1 Å². The molecule has 2 aliphatic rings. The Morgan fingerprint density at radius 2 is 1.17 bits per heavy atom. The van der Waals surface area contributed by atoms with Crippen LogP contribution in [0.15, 0.2) is 63.4 Å². The van der Waals surface area contributed by atoms with Crippen molar-refractivity contribution in [3.8, 4) is 0 Å². The molecule has 6 heterocycles. The van der Waals surface area contributed by atoms with E-state index in [9.17, 15) is 42.6 Å². The van der Waals surface area contributed by atoms with Gasteiger partial charge in [-0.3, -0.25) is 37.7 Å². The molecule has 4 aromatic heterocycles. The molecule has 0 spiro atoms. The fraction of sp³-hybridized carbons (Fsp3) is 0.455. The van der Waals surface area contributed by atoms with Gasteiger partial charge in [0.2, 0.25) is 0 Å². The van der Waals surface area contributed by atoms with Crippen LogP contribution in [0.1, 0.15) is 36.0 Å². The molecule has 1 aromatic carbocycles. The fourth-order valence-electron chi connectivity index (χ4n) is 6.52. The minimum atomic E-state index is -4.93. The minimum absolute atomic E-state index is 0.0508. The number of alkyl halides is 3. The summed E-state index contributed by atoms with van der Waals surface area (Å²) in [4.78, 5) is 59.7. The Labute approximate surface area is 307 Å². The fourth-order valence-corrected chi connectivity index (χ4v) is 6.78. The molecule has 0 bridgehead atoms. The third kappa shape index (κ3) is 8.03. The van der Waals surface area contributed by atoms with Gasteiger partial charge in [-0.2, -0.15) is 23.4 Å². The van der Waals surface area contributed by atoms with Crippen molar-refractivity contribution in [2.75, 3.05) is 26.2 Å². The number of carbonyl (C=O) groups excluding carboxylic acids is 2. The van der Waals surface area contributed by atoms with E-state index in [4.69, 9.17) is 0 Å². The van der Waals surface area contributed by atoms with Gasteiger partial charge in [-0.15, -0.1) is 0 Å². The standard InChI is InChI=1S/C19H20BrN5O3.C14H16F3N5O3/c1-23-16-15(10-22-23)18(27)25(12-21-16)11-19(28)6-8-24(9-7-19)17(26)13-2-4-14(20)5-3-13;1-20-10-9(6-19-20)11(23)22(8-18-10)7-13(25)2-4-21(5-3-13)12(24)14(15,16)17/h2-5,10,12,28H,6-9,11H2,1H3;6,8,25H,2-5,7H2,1H3. The van der Waals surface area contributed by atoms with E-state index in [0.717, 1.165) is 4.47 Å². The number of aromatic nitrogens is 8. The predicted molar refractivity (Wildman–Crippen MR) is 187 cm³/mol. The van der Waals surface area contributed by atoms with Gasteiger partial charge in [0.1, 0.15) is 23.4 Å². The smallest absolute Gasteiger partial charge is 0.388 e. The third-order valence-electron chi connectivity index (χ3n) is 9.66. The van der Waals surface area contributed by atoms with E-state index in [0.29, 0.717) is 58.5 Å². The summed E-state index contributed by atoms with van der Waals surface area (Å²) in [5, 5.41) is 30.3. The van der Waals surface area contributed by atoms with Crippen molar-refractivity contribution in [3.05, 3.63) is 80.1 Å². The first kappa shape index (κ1) is 37.8. The molecule has 16 nitrogen and oxygen atoms in total. The number of hydrogen-bond acceptors (Lipinski definition) is 10. The van der Waals surface area contributed by atoms with Gasteiger partial charge in [-0.1, -0.05) is 15.9 Å². The number of likely N-dealkylation sites (tertiary alicyclic amines) is 2. The van der Waals surface area contributed by atoms with Crippen LogP contribution in [0.4, 0.5) is 13.2 Å². The molecule has 2 aliphatic heterocycles. The Hall–Kier alpha value is -4.95. The van der Waals surface area contributed by atoms with Crippen LogP contribution in [-0.2, 0) is 32.0 Å². The summed E-state index contributed by atoms with van der Waals surface area (Å²) in [6, 6.07) is 7.23. The molecule has 20 heteroatoms. The van der Waals surface area contributed by atoms with Crippen LogP contribution in [-0.4, -0.2) is 114 Å². The zero-order valence-corrected chi connectivity index (χ0v) is 30.3. The first-order chi connectivity index (χ1) is 25.0. The second-order valence-corrected chi connectivity index (χ2v) is 14.3. The average molecular weight is 806 g/mol. The number of aliphatic hydroxyl groups is 2. The molecule has 2 saturated heterocycles. The quantitative estimate of drug-likeness (QED) is 0.265.